The van der Waals surface area contributed by atoms with Gasteiger partial charge in [0.1, 0.15) is 0 Å². The first-order valence-corrected chi connectivity index (χ1v) is 1.82. The zero-order valence-corrected chi connectivity index (χ0v) is 9.09. The van der Waals surface area contributed by atoms with Gasteiger partial charge in [0, 0.05) is 11.9 Å². The Morgan fingerprint density at radius 1 is 1.00 bits per heavy atom. The molecule has 0 saturated carbocycles. The van der Waals surface area contributed by atoms with E-state index in [-0.39, 0.29) is 46.6 Å². The van der Waals surface area contributed by atoms with Crippen LogP contribution in [-0.4, -0.2) is 11.9 Å². The number of hydrogen-bond acceptors (Lipinski definition) is 4. The number of carbonyl (C=O) groups is 2. The summed E-state index contributed by atoms with van der Waals surface area (Å²) in [5.74, 6) is -2.17. The van der Waals surface area contributed by atoms with E-state index in [1.165, 1.54) is 0 Å². The number of hydrogen-bond donors (Lipinski definition) is 0. The average molecular weight is 197 g/mol. The molecule has 0 radical (unpaired) electrons. The minimum atomic E-state index is -1.08. The quantitative estimate of drug-likeness (QED) is 0.363. The van der Waals surface area contributed by atoms with Crippen molar-refractivity contribution >= 4 is 11.9 Å². The van der Waals surface area contributed by atoms with Crippen molar-refractivity contribution in [1.29, 1.82) is 0 Å². The van der Waals surface area contributed by atoms with Crippen molar-refractivity contribution in [3.63, 3.8) is 0 Å². The van der Waals surface area contributed by atoms with Crippen LogP contribution in [0.1, 0.15) is 13.8 Å². The number of rotatable bonds is 0. The van der Waals surface area contributed by atoms with Crippen LogP contribution >= 0.6 is 0 Å². The molecule has 0 bridgehead atoms. The van der Waals surface area contributed by atoms with Crippen LogP contribution in [0.15, 0.2) is 0 Å². The maximum Gasteiger partial charge on any atom is 2.00 e. The summed E-state index contributed by atoms with van der Waals surface area (Å²) in [6, 6.07) is 0. The molecule has 10 heavy (non-hydrogen) atoms. The smallest absolute Gasteiger partial charge is 0.550 e. The Hall–Kier alpha value is 0.459. The van der Waals surface area contributed by atoms with Crippen LogP contribution in [0.25, 0.3) is 0 Å². The van der Waals surface area contributed by atoms with Gasteiger partial charge < -0.3 is 19.8 Å². The number of carboxylic acids is 2. The largest absolute Gasteiger partial charge is 2.00 e. The van der Waals surface area contributed by atoms with E-state index < -0.39 is 11.9 Å². The average Bonchev–Trinajstić information content (AvgIpc) is 1.25. The first kappa shape index (κ1) is 22.4. The van der Waals surface area contributed by atoms with Gasteiger partial charge in [0.25, 0.3) is 0 Å². The van der Waals surface area contributed by atoms with Crippen molar-refractivity contribution in [2.75, 3.05) is 0 Å². The molecule has 0 aromatic heterocycles. The topological polar surface area (TPSA) is 80.3 Å². The summed E-state index contributed by atoms with van der Waals surface area (Å²) in [6.07, 6.45) is 0. The Bertz CT molecular complexity index is 75.3. The molecule has 4 nitrogen and oxygen atoms in total. The van der Waals surface area contributed by atoms with Crippen LogP contribution in [0.5, 0.6) is 0 Å². The molecule has 0 saturated heterocycles. The molecule has 0 aliphatic carbocycles. The predicted octanol–water partition coefficient (Wildman–Crippen LogP) is -5.49. The fourth-order valence-electron chi connectivity index (χ4n) is 0. The van der Waals surface area contributed by atoms with Gasteiger partial charge in [0.2, 0.25) is 0 Å². The summed E-state index contributed by atoms with van der Waals surface area (Å²) in [6.45, 7) is 1.94. The monoisotopic (exact) mass is 197 g/mol. The fourth-order valence-corrected chi connectivity index (χ4v) is 0. The molecule has 0 aliphatic rings. The first-order valence-electron chi connectivity index (χ1n) is 1.82. The van der Waals surface area contributed by atoms with Crippen LogP contribution in [0.3, 0.4) is 0 Å². The van der Waals surface area contributed by atoms with E-state index in [1.54, 1.807) is 0 Å². The van der Waals surface area contributed by atoms with Gasteiger partial charge in [-0.15, -0.1) is 0 Å². The summed E-state index contributed by atoms with van der Waals surface area (Å²) >= 11 is 0. The van der Waals surface area contributed by atoms with Crippen molar-refractivity contribution in [2.24, 2.45) is 0 Å². The van der Waals surface area contributed by atoms with Crippen molar-refractivity contribution in [1.82, 2.24) is 0 Å². The summed E-state index contributed by atoms with van der Waals surface area (Å²) in [5, 5.41) is 17.8. The van der Waals surface area contributed by atoms with Crippen LogP contribution in [0.2, 0.25) is 0 Å². The summed E-state index contributed by atoms with van der Waals surface area (Å²) in [5.41, 5.74) is 0. The molecule has 0 aromatic carbocycles. The normalized spacial score (nSPS) is 5.00. The van der Waals surface area contributed by atoms with Gasteiger partial charge in [-0.25, -0.2) is 0 Å². The summed E-state index contributed by atoms with van der Waals surface area (Å²) in [7, 11) is 0. The number of aliphatic carboxylic acids is 2. The van der Waals surface area contributed by atoms with Gasteiger partial charge >= 0.3 is 46.6 Å². The molecular weight excluding hydrogens is 191 g/mol. The maximum absolute atomic E-state index is 8.89. The molecule has 0 heterocycles. The SMILES string of the molecule is CC(=O)[O-].CC(=O)[O-].[Fe+2].[Na+]. The molecule has 0 aromatic rings. The first-order chi connectivity index (χ1) is 3.46. The Balaban J connectivity index is -0.0000000300. The van der Waals surface area contributed by atoms with Gasteiger partial charge in [-0.2, -0.15) is 0 Å². The van der Waals surface area contributed by atoms with E-state index in [9.17, 15) is 0 Å². The standard InChI is InChI=1S/2C2H4O2.Fe.Na/c2*1-2(3)4;;/h2*1H3,(H,3,4);;/q;;+2;+1/p-2. The molecule has 0 unspecified atom stereocenters. The van der Waals surface area contributed by atoms with E-state index in [0.717, 1.165) is 13.8 Å². The zero-order valence-electron chi connectivity index (χ0n) is 5.99. The van der Waals surface area contributed by atoms with Crippen LogP contribution in [0.4, 0.5) is 0 Å². The molecule has 0 amide bonds. The molecule has 6 heteroatoms. The van der Waals surface area contributed by atoms with Crippen LogP contribution in [0, 0.1) is 0 Å². The summed E-state index contributed by atoms with van der Waals surface area (Å²) in [4.78, 5) is 17.8. The third-order valence-corrected chi connectivity index (χ3v) is 0. The van der Waals surface area contributed by atoms with Crippen LogP contribution < -0.4 is 39.8 Å². The molecule has 0 spiro atoms. The molecule has 0 aliphatic heterocycles. The van der Waals surface area contributed by atoms with Gasteiger partial charge in [0.05, 0.1) is 0 Å². The summed E-state index contributed by atoms with van der Waals surface area (Å²) < 4.78 is 0. The molecule has 0 fully saturated rings. The predicted molar refractivity (Wildman–Crippen MR) is 21.4 cm³/mol. The Morgan fingerprint density at radius 2 is 1.00 bits per heavy atom. The van der Waals surface area contributed by atoms with Gasteiger partial charge in [-0.1, -0.05) is 0 Å². The third-order valence-electron chi connectivity index (χ3n) is 0. The molecular formula is C4H6FeNaO4+. The second-order valence-corrected chi connectivity index (χ2v) is 0.983. The molecule has 0 rings (SSSR count). The Labute approximate surface area is 91.8 Å². The van der Waals surface area contributed by atoms with Crippen molar-refractivity contribution in [3.05, 3.63) is 0 Å². The van der Waals surface area contributed by atoms with E-state index >= 15 is 0 Å². The zero-order chi connectivity index (χ0) is 7.15. The third kappa shape index (κ3) is 2230. The van der Waals surface area contributed by atoms with E-state index in [2.05, 4.69) is 0 Å². The minimum absolute atomic E-state index is 0. The fraction of sp³-hybridized carbons (Fsp3) is 0.500. The van der Waals surface area contributed by atoms with Gasteiger partial charge in [-0.05, 0) is 13.8 Å². The van der Waals surface area contributed by atoms with Gasteiger partial charge in [-0.3, -0.25) is 0 Å². The molecule has 54 valence electrons. The number of carboxylic acid groups (broad SMARTS) is 2. The molecule has 0 N–H and O–H groups in total. The van der Waals surface area contributed by atoms with Gasteiger partial charge in [0.15, 0.2) is 0 Å². The van der Waals surface area contributed by atoms with Crippen molar-refractivity contribution < 1.29 is 66.4 Å². The molecule has 0 atom stereocenters. The maximum atomic E-state index is 8.89. The van der Waals surface area contributed by atoms with E-state index in [0.29, 0.717) is 0 Å². The number of carbonyl (C=O) groups excluding carboxylic acids is 2. The van der Waals surface area contributed by atoms with Crippen molar-refractivity contribution in [2.45, 2.75) is 13.8 Å². The van der Waals surface area contributed by atoms with E-state index in [1.807, 2.05) is 0 Å². The minimum Gasteiger partial charge on any atom is -0.550 e. The van der Waals surface area contributed by atoms with E-state index in [4.69, 9.17) is 19.8 Å². The van der Waals surface area contributed by atoms with Crippen molar-refractivity contribution in [3.8, 4) is 0 Å². The Morgan fingerprint density at radius 3 is 1.00 bits per heavy atom. The van der Waals surface area contributed by atoms with Crippen LogP contribution in [-0.2, 0) is 26.7 Å². The second-order valence-electron chi connectivity index (χ2n) is 0.983. The Kier molecular flexibility index (Phi) is 36.4. The second kappa shape index (κ2) is 16.2.